The zero-order valence-corrected chi connectivity index (χ0v) is 7.82. The van der Waals surface area contributed by atoms with Crippen molar-refractivity contribution in [3.8, 4) is 0 Å². The molecule has 0 aromatic heterocycles. The molecule has 0 atom stereocenters. The van der Waals surface area contributed by atoms with E-state index in [1.54, 1.807) is 0 Å². The van der Waals surface area contributed by atoms with Crippen molar-refractivity contribution in [3.63, 3.8) is 0 Å². The summed E-state index contributed by atoms with van der Waals surface area (Å²) in [5, 5.41) is 1.21. The van der Waals surface area contributed by atoms with Gasteiger partial charge in [0.15, 0.2) is 0 Å². The van der Waals surface area contributed by atoms with Crippen LogP contribution in [0, 0.1) is 0 Å². The molecule has 0 spiro atoms. The second kappa shape index (κ2) is 16.1. The molecule has 0 unspecified atom stereocenters. The summed E-state index contributed by atoms with van der Waals surface area (Å²) in [5.41, 5.74) is 0. The molecule has 0 saturated carbocycles. The van der Waals surface area contributed by atoms with E-state index >= 15 is 0 Å². The van der Waals surface area contributed by atoms with Crippen LogP contribution in [-0.4, -0.2) is 0 Å². The van der Waals surface area contributed by atoms with E-state index in [4.69, 9.17) is 9.46 Å². The van der Waals surface area contributed by atoms with Crippen LogP contribution in [0.4, 0.5) is 0 Å². The largest absolute Gasteiger partial charge is 0.772 e. The van der Waals surface area contributed by atoms with Gasteiger partial charge < -0.3 is 4.89 Å². The average molecular weight is 169 g/mol. The molecule has 0 aliphatic heterocycles. The van der Waals surface area contributed by atoms with Crippen molar-refractivity contribution in [2.24, 2.45) is 0 Å². The van der Waals surface area contributed by atoms with E-state index in [1.165, 1.54) is 23.3 Å². The van der Waals surface area contributed by atoms with E-state index in [0.717, 1.165) is 0 Å². The molecule has 0 N–H and O–H groups in total. The van der Waals surface area contributed by atoms with Crippen LogP contribution in [-0.2, 0) is 22.9 Å². The fraction of sp³-hybridized carbons (Fsp3) is 0.333. The summed E-state index contributed by atoms with van der Waals surface area (Å²) in [4.78, 5) is 8.35. The minimum atomic E-state index is -1.08. The monoisotopic (exact) mass is 168 g/mol. The predicted molar refractivity (Wildman–Crippen MR) is 22.6 cm³/mol. The number of hydrogen-bond acceptors (Lipinski definition) is 2. The maximum Gasteiger partial charge on any atom is 0.0642 e. The minimum Gasteiger partial charge on any atom is -0.772 e. The zero-order chi connectivity index (χ0) is 6.12. The molecule has 0 aromatic carbocycles. The summed E-state index contributed by atoms with van der Waals surface area (Å²) in [6, 6.07) is 0. The number of hydrogen-bond donors (Lipinski definition) is 0. The minimum absolute atomic E-state index is 1.08. The summed E-state index contributed by atoms with van der Waals surface area (Å²) < 4.78 is 8.35. The molecule has 0 fully saturated rings. The van der Waals surface area contributed by atoms with Crippen LogP contribution >= 0.6 is 8.69 Å². The third-order valence-corrected chi connectivity index (χ3v) is 1.06. The Labute approximate surface area is 54.6 Å². The van der Waals surface area contributed by atoms with Gasteiger partial charge in [0.05, 0.1) is 8.69 Å². The van der Waals surface area contributed by atoms with Gasteiger partial charge in [-0.25, -0.2) is 0 Å². The summed E-state index contributed by atoms with van der Waals surface area (Å²) >= 11 is 1.35. The molecule has 4 heteroatoms. The van der Waals surface area contributed by atoms with E-state index in [-0.39, 0.29) is 0 Å². The molecule has 0 aliphatic carbocycles. The van der Waals surface area contributed by atoms with Crippen molar-refractivity contribution in [2.45, 2.75) is 5.02 Å². The maximum absolute atomic E-state index is 8.35. The van der Waals surface area contributed by atoms with Gasteiger partial charge in [0, 0.05) is 0 Å². The number of allylic oxidation sites excluding steroid dienone is 1. The molecule has 0 aromatic rings. The van der Waals surface area contributed by atoms with Gasteiger partial charge in [-0.1, -0.05) is 0 Å². The summed E-state index contributed by atoms with van der Waals surface area (Å²) in [5.74, 6) is 0. The third-order valence-electron chi connectivity index (χ3n) is 0.204. The molecule has 7 heavy (non-hydrogen) atoms. The molecule has 0 saturated heterocycles. The van der Waals surface area contributed by atoms with Crippen LogP contribution in [0.5, 0.6) is 0 Å². The van der Waals surface area contributed by atoms with Crippen LogP contribution in [0.1, 0.15) is 0 Å². The first-order valence-corrected chi connectivity index (χ1v) is 4.51. The van der Waals surface area contributed by atoms with E-state index < -0.39 is 8.69 Å². The first kappa shape index (κ1) is 10.4. The Bertz CT molecular complexity index is 48.2. The van der Waals surface area contributed by atoms with Gasteiger partial charge >= 0.3 is 36.0 Å². The molecule has 0 bridgehead atoms. The number of rotatable bonds is 1. The van der Waals surface area contributed by atoms with Gasteiger partial charge in [-0.15, -0.1) is 0 Å². The van der Waals surface area contributed by atoms with E-state index in [0.29, 0.717) is 0 Å². The Morgan fingerprint density at radius 2 is 2.14 bits per heavy atom. The Kier molecular flexibility index (Phi) is 24.0. The van der Waals surface area contributed by atoms with Gasteiger partial charge in [0.2, 0.25) is 0 Å². The predicted octanol–water partition coefficient (Wildman–Crippen LogP) is 0.691. The smallest absolute Gasteiger partial charge is 0.0642 e. The van der Waals surface area contributed by atoms with E-state index in [9.17, 15) is 0 Å². The second-order valence-corrected chi connectivity index (χ2v) is 2.01. The second-order valence-electron chi connectivity index (χ2n) is 0.652. The molecule has 0 rings (SSSR count). The quantitative estimate of drug-likeness (QED) is 0.329. The van der Waals surface area contributed by atoms with E-state index in [1.807, 2.05) is 6.08 Å². The Balaban J connectivity index is 0. The molecule has 0 amide bonds. The molecule has 0 radical (unpaired) electrons. The SMILES string of the molecule is C=C[CH2][Zn+].O=P[O-]. The molecule has 36 valence electrons. The first-order valence-electron chi connectivity index (χ1n) is 1.68. The Morgan fingerprint density at radius 3 is 2.14 bits per heavy atom. The van der Waals surface area contributed by atoms with Gasteiger partial charge in [-0.3, -0.25) is 4.57 Å². The maximum atomic E-state index is 8.35. The molecule has 0 aliphatic rings. The van der Waals surface area contributed by atoms with Crippen molar-refractivity contribution in [2.75, 3.05) is 0 Å². The van der Waals surface area contributed by atoms with Crippen LogP contribution < -0.4 is 4.89 Å². The van der Waals surface area contributed by atoms with Crippen molar-refractivity contribution in [1.29, 1.82) is 0 Å². The van der Waals surface area contributed by atoms with Crippen LogP contribution in [0.2, 0.25) is 5.02 Å². The van der Waals surface area contributed by atoms with Crippen molar-refractivity contribution < 1.29 is 27.8 Å². The topological polar surface area (TPSA) is 40.1 Å². The summed E-state index contributed by atoms with van der Waals surface area (Å²) in [6.45, 7) is 3.51. The van der Waals surface area contributed by atoms with Crippen LogP contribution in [0.15, 0.2) is 12.7 Å². The molecular weight excluding hydrogens is 164 g/mol. The fourth-order valence-corrected chi connectivity index (χ4v) is 0. The van der Waals surface area contributed by atoms with Crippen molar-refractivity contribution >= 4 is 8.69 Å². The molecule has 0 heterocycles. The van der Waals surface area contributed by atoms with Gasteiger partial charge in [-0.2, -0.15) is 0 Å². The van der Waals surface area contributed by atoms with Gasteiger partial charge in [0.25, 0.3) is 0 Å². The summed E-state index contributed by atoms with van der Waals surface area (Å²) in [7, 11) is -1.08. The van der Waals surface area contributed by atoms with Gasteiger partial charge in [0.1, 0.15) is 0 Å². The normalized spacial score (nSPS) is 6.71. The summed E-state index contributed by atoms with van der Waals surface area (Å²) in [6.07, 6.45) is 1.93. The van der Waals surface area contributed by atoms with Crippen LogP contribution in [0.3, 0.4) is 0 Å². The first-order chi connectivity index (χ1) is 3.33. The van der Waals surface area contributed by atoms with Gasteiger partial charge in [-0.05, 0) is 0 Å². The Hall–Kier alpha value is 0.423. The average Bonchev–Trinajstić information content (AvgIpc) is 1.69. The van der Waals surface area contributed by atoms with Crippen molar-refractivity contribution in [3.05, 3.63) is 12.7 Å². The molecular formula is C3H5O2PZn. The zero-order valence-electron chi connectivity index (χ0n) is 3.96. The fourth-order valence-electron chi connectivity index (χ4n) is 0. The Morgan fingerprint density at radius 1 is 2.00 bits per heavy atom. The van der Waals surface area contributed by atoms with Crippen LogP contribution in [0.25, 0.3) is 0 Å². The van der Waals surface area contributed by atoms with Crippen molar-refractivity contribution in [1.82, 2.24) is 0 Å². The molecule has 2 nitrogen and oxygen atoms in total. The third kappa shape index (κ3) is 62.0. The standard InChI is InChI=1S/C3H5.HO2P.Zn/c2*1-3-2;/h3H,1-2H2;(H,1,2);/q;;+1/p-1. The van der Waals surface area contributed by atoms with E-state index in [2.05, 4.69) is 6.58 Å².